The van der Waals surface area contributed by atoms with Crippen molar-refractivity contribution >= 4 is 11.3 Å². The summed E-state index contributed by atoms with van der Waals surface area (Å²) in [6.07, 6.45) is 8.50. The van der Waals surface area contributed by atoms with Crippen molar-refractivity contribution in [2.45, 2.75) is 18.8 Å². The Morgan fingerprint density at radius 1 is 1.50 bits per heavy atom. The number of allylic oxidation sites excluding steroid dienone is 3. The number of thiazole rings is 1. The van der Waals surface area contributed by atoms with Gasteiger partial charge in [-0.25, -0.2) is 4.98 Å². The lowest BCUT2D eigenvalue weighted by Crippen LogP contribution is -2.00. The fourth-order valence-electron chi connectivity index (χ4n) is 1.98. The number of aromatic nitrogens is 1. The zero-order valence-corrected chi connectivity index (χ0v) is 8.59. The van der Waals surface area contributed by atoms with Gasteiger partial charge in [-0.15, -0.1) is 11.3 Å². The van der Waals surface area contributed by atoms with Crippen LogP contribution < -0.4 is 0 Å². The van der Waals surface area contributed by atoms with Gasteiger partial charge in [-0.2, -0.15) is 0 Å². The maximum Gasteiger partial charge on any atom is 0.118 e. The Hall–Kier alpha value is -1.09. The predicted octanol–water partition coefficient (Wildman–Crippen LogP) is 2.86. The number of hydrogen-bond acceptors (Lipinski definition) is 3. The summed E-state index contributed by atoms with van der Waals surface area (Å²) in [7, 11) is 0. The molecule has 0 spiro atoms. The van der Waals surface area contributed by atoms with E-state index in [0.29, 0.717) is 5.92 Å². The fraction of sp³-hybridized carbons (Fsp3) is 0.364. The third-order valence-electron chi connectivity index (χ3n) is 2.67. The minimum Gasteiger partial charge on any atom is -0.493 e. The van der Waals surface area contributed by atoms with Gasteiger partial charge in [-0.05, 0) is 18.1 Å². The van der Waals surface area contributed by atoms with Crippen molar-refractivity contribution in [3.63, 3.8) is 0 Å². The maximum atomic E-state index is 5.50. The largest absolute Gasteiger partial charge is 0.493 e. The summed E-state index contributed by atoms with van der Waals surface area (Å²) < 4.78 is 5.50. The van der Waals surface area contributed by atoms with E-state index in [1.165, 1.54) is 10.6 Å². The Labute approximate surface area is 86.9 Å². The second kappa shape index (κ2) is 3.24. The summed E-state index contributed by atoms with van der Waals surface area (Å²) in [6.45, 7) is 0.849. The smallest absolute Gasteiger partial charge is 0.118 e. The lowest BCUT2D eigenvalue weighted by molar-refractivity contribution is 0.263. The van der Waals surface area contributed by atoms with Gasteiger partial charge in [0.05, 0.1) is 11.6 Å². The summed E-state index contributed by atoms with van der Waals surface area (Å²) >= 11 is 1.74. The lowest BCUT2D eigenvalue weighted by atomic mass is 9.95. The first-order valence-corrected chi connectivity index (χ1v) is 5.75. The van der Waals surface area contributed by atoms with Crippen molar-refractivity contribution in [3.8, 4) is 0 Å². The van der Waals surface area contributed by atoms with Gasteiger partial charge in [0.15, 0.2) is 0 Å². The van der Waals surface area contributed by atoms with E-state index < -0.39 is 0 Å². The van der Waals surface area contributed by atoms with Crippen LogP contribution in [0.4, 0.5) is 0 Å². The molecule has 0 amide bonds. The Kier molecular flexibility index (Phi) is 1.91. The zero-order valence-electron chi connectivity index (χ0n) is 7.77. The molecule has 1 unspecified atom stereocenters. The average molecular weight is 205 g/mol. The van der Waals surface area contributed by atoms with Crippen molar-refractivity contribution < 1.29 is 4.74 Å². The molecule has 1 saturated heterocycles. The van der Waals surface area contributed by atoms with Gasteiger partial charge in [0.25, 0.3) is 0 Å². The van der Waals surface area contributed by atoms with Crippen LogP contribution in [0.3, 0.4) is 0 Å². The number of ether oxygens (including phenoxy) is 1. The summed E-state index contributed by atoms with van der Waals surface area (Å²) in [4.78, 5) is 4.36. The Morgan fingerprint density at radius 3 is 3.36 bits per heavy atom. The topological polar surface area (TPSA) is 22.1 Å². The first kappa shape index (κ1) is 8.24. The lowest BCUT2D eigenvalue weighted by Gasteiger charge is -2.14. The second-order valence-corrected chi connectivity index (χ2v) is 4.50. The van der Waals surface area contributed by atoms with Crippen LogP contribution in [-0.2, 0) is 4.74 Å². The highest BCUT2D eigenvalue weighted by atomic mass is 32.1. The Balaban J connectivity index is 1.90. The first-order chi connectivity index (χ1) is 6.93. The highest BCUT2D eigenvalue weighted by Crippen LogP contribution is 2.36. The van der Waals surface area contributed by atoms with E-state index in [2.05, 4.69) is 17.1 Å². The minimum absolute atomic E-state index is 0.482. The van der Waals surface area contributed by atoms with Crippen LogP contribution in [0.1, 0.15) is 23.8 Å². The molecule has 1 aliphatic heterocycles. The van der Waals surface area contributed by atoms with E-state index in [9.17, 15) is 0 Å². The van der Waals surface area contributed by atoms with Crippen molar-refractivity contribution in [1.82, 2.24) is 4.98 Å². The molecule has 1 atom stereocenters. The van der Waals surface area contributed by atoms with Gasteiger partial charge < -0.3 is 4.74 Å². The van der Waals surface area contributed by atoms with Gasteiger partial charge in [0.2, 0.25) is 0 Å². The highest BCUT2D eigenvalue weighted by molar-refractivity contribution is 7.09. The highest BCUT2D eigenvalue weighted by Gasteiger charge is 2.23. The monoisotopic (exact) mass is 205 g/mol. The quantitative estimate of drug-likeness (QED) is 0.703. The van der Waals surface area contributed by atoms with Crippen LogP contribution in [0.25, 0.3) is 0 Å². The second-order valence-electron chi connectivity index (χ2n) is 3.57. The van der Waals surface area contributed by atoms with Crippen molar-refractivity contribution in [2.24, 2.45) is 0 Å². The van der Waals surface area contributed by atoms with E-state index in [-0.39, 0.29) is 0 Å². The summed E-state index contributed by atoms with van der Waals surface area (Å²) in [5, 5.41) is 3.26. The van der Waals surface area contributed by atoms with Gasteiger partial charge in [0, 0.05) is 23.9 Å². The van der Waals surface area contributed by atoms with Crippen LogP contribution in [-0.4, -0.2) is 11.6 Å². The molecular formula is C11H11NOS. The van der Waals surface area contributed by atoms with E-state index in [4.69, 9.17) is 4.74 Å². The number of rotatable bonds is 1. The Morgan fingerprint density at radius 2 is 2.50 bits per heavy atom. The number of hydrogen-bond donors (Lipinski definition) is 0. The fourth-order valence-corrected chi connectivity index (χ4v) is 2.70. The molecule has 0 radical (unpaired) electrons. The van der Waals surface area contributed by atoms with Crippen molar-refractivity contribution in [1.29, 1.82) is 0 Å². The molecule has 72 valence electrons. The molecular weight excluding hydrogens is 194 g/mol. The minimum atomic E-state index is 0.482. The standard InChI is InChI=1S/C11H11NOS/c1-2-10-8(3-5-13-10)7-9(1)11-12-4-6-14-11/h2,4,6-7,9H,1,3,5H2. The number of fused-ring (bicyclic) bond motifs is 1. The zero-order chi connectivity index (χ0) is 9.38. The third-order valence-corrected chi connectivity index (χ3v) is 3.58. The molecule has 0 bridgehead atoms. The van der Waals surface area contributed by atoms with Crippen LogP contribution >= 0.6 is 11.3 Å². The molecule has 2 nitrogen and oxygen atoms in total. The normalized spacial score (nSPS) is 25.0. The molecule has 2 heterocycles. The molecule has 14 heavy (non-hydrogen) atoms. The van der Waals surface area contributed by atoms with E-state index >= 15 is 0 Å². The predicted molar refractivity (Wildman–Crippen MR) is 56.2 cm³/mol. The molecule has 3 rings (SSSR count). The van der Waals surface area contributed by atoms with Crippen LogP contribution in [0.5, 0.6) is 0 Å². The molecule has 1 aliphatic carbocycles. The van der Waals surface area contributed by atoms with E-state index in [1.807, 2.05) is 11.6 Å². The SMILES string of the molecule is C1=C2CCOC2=CCC1c1nccs1. The molecule has 0 aromatic carbocycles. The molecule has 3 heteroatoms. The van der Waals surface area contributed by atoms with Crippen molar-refractivity contribution in [2.75, 3.05) is 6.61 Å². The average Bonchev–Trinajstić information content (AvgIpc) is 2.88. The molecule has 0 saturated carbocycles. The first-order valence-electron chi connectivity index (χ1n) is 4.87. The number of nitrogens with zero attached hydrogens (tertiary/aromatic N) is 1. The van der Waals surface area contributed by atoms with E-state index in [0.717, 1.165) is 25.2 Å². The van der Waals surface area contributed by atoms with Crippen molar-refractivity contribution in [3.05, 3.63) is 40.1 Å². The van der Waals surface area contributed by atoms with Crippen LogP contribution in [0, 0.1) is 0 Å². The van der Waals surface area contributed by atoms with Gasteiger partial charge in [-0.3, -0.25) is 0 Å². The summed E-state index contributed by atoms with van der Waals surface area (Å²) in [5.74, 6) is 1.59. The third kappa shape index (κ3) is 1.28. The summed E-state index contributed by atoms with van der Waals surface area (Å²) in [6, 6.07) is 0. The summed E-state index contributed by atoms with van der Waals surface area (Å²) in [5.41, 5.74) is 1.37. The van der Waals surface area contributed by atoms with Crippen LogP contribution in [0.2, 0.25) is 0 Å². The van der Waals surface area contributed by atoms with Gasteiger partial charge in [-0.1, -0.05) is 6.08 Å². The molecule has 1 fully saturated rings. The molecule has 0 N–H and O–H groups in total. The Bertz CT molecular complexity index is 391. The molecule has 1 aromatic heterocycles. The van der Waals surface area contributed by atoms with Crippen LogP contribution in [0.15, 0.2) is 35.1 Å². The van der Waals surface area contributed by atoms with Gasteiger partial charge >= 0.3 is 0 Å². The van der Waals surface area contributed by atoms with Gasteiger partial charge in [0.1, 0.15) is 5.76 Å². The molecule has 1 aromatic rings. The maximum absolute atomic E-state index is 5.50. The van der Waals surface area contributed by atoms with E-state index in [1.54, 1.807) is 11.3 Å². The molecule has 2 aliphatic rings.